The van der Waals surface area contributed by atoms with Crippen LogP contribution in [-0.2, 0) is 0 Å². The fourth-order valence-electron chi connectivity index (χ4n) is 3.16. The highest BCUT2D eigenvalue weighted by molar-refractivity contribution is 5.03. The summed E-state index contributed by atoms with van der Waals surface area (Å²) in [4.78, 5) is 2.76. The highest BCUT2D eigenvalue weighted by Crippen LogP contribution is 2.37. The Hall–Kier alpha value is -0.0800. The van der Waals surface area contributed by atoms with Gasteiger partial charge in [0.25, 0.3) is 0 Å². The highest BCUT2D eigenvalue weighted by atomic mass is 15.3. The van der Waals surface area contributed by atoms with Gasteiger partial charge in [0.05, 0.1) is 0 Å². The van der Waals surface area contributed by atoms with Crippen LogP contribution in [0.4, 0.5) is 0 Å². The predicted octanol–water partition coefficient (Wildman–Crippen LogP) is 2.25. The minimum atomic E-state index is 0.570. The zero-order valence-electron chi connectivity index (χ0n) is 10.4. The number of nitrogens with one attached hydrogen (secondary N) is 1. The summed E-state index contributed by atoms with van der Waals surface area (Å²) in [6, 6.07) is 0. The molecule has 2 aliphatic rings. The molecule has 0 radical (unpaired) electrons. The lowest BCUT2D eigenvalue weighted by molar-refractivity contribution is -0.0426. The number of nitrogens with zero attached hydrogens (tertiary/aromatic N) is 1. The van der Waals surface area contributed by atoms with Crippen LogP contribution in [0.3, 0.4) is 0 Å². The SMILES string of the molecule is CCC(CC)CN1CC[C@@]12CCCNC2. The lowest BCUT2D eigenvalue weighted by Gasteiger charge is -2.56. The summed E-state index contributed by atoms with van der Waals surface area (Å²) < 4.78 is 0. The molecule has 0 amide bonds. The molecule has 1 N–H and O–H groups in total. The van der Waals surface area contributed by atoms with E-state index in [1.165, 1.54) is 58.3 Å². The van der Waals surface area contributed by atoms with E-state index in [4.69, 9.17) is 0 Å². The van der Waals surface area contributed by atoms with E-state index >= 15 is 0 Å². The van der Waals surface area contributed by atoms with Gasteiger partial charge in [-0.3, -0.25) is 4.90 Å². The molecule has 0 saturated carbocycles. The molecule has 15 heavy (non-hydrogen) atoms. The van der Waals surface area contributed by atoms with Gasteiger partial charge in [0.15, 0.2) is 0 Å². The number of likely N-dealkylation sites (tertiary alicyclic amines) is 1. The lowest BCUT2D eigenvalue weighted by Crippen LogP contribution is -2.67. The molecule has 1 spiro atoms. The van der Waals surface area contributed by atoms with Crippen molar-refractivity contribution in [3.8, 4) is 0 Å². The molecule has 2 heteroatoms. The Kier molecular flexibility index (Phi) is 3.68. The Bertz CT molecular complexity index is 193. The maximum Gasteiger partial charge on any atom is 0.0346 e. The molecule has 2 heterocycles. The first-order valence-electron chi connectivity index (χ1n) is 6.76. The van der Waals surface area contributed by atoms with Gasteiger partial charge in [-0.15, -0.1) is 0 Å². The van der Waals surface area contributed by atoms with E-state index < -0.39 is 0 Å². The smallest absolute Gasteiger partial charge is 0.0346 e. The van der Waals surface area contributed by atoms with E-state index in [-0.39, 0.29) is 0 Å². The molecule has 0 aromatic carbocycles. The van der Waals surface area contributed by atoms with Crippen LogP contribution in [-0.4, -0.2) is 36.6 Å². The van der Waals surface area contributed by atoms with Crippen LogP contribution in [0.5, 0.6) is 0 Å². The van der Waals surface area contributed by atoms with Crippen molar-refractivity contribution in [2.45, 2.75) is 51.5 Å². The van der Waals surface area contributed by atoms with Crippen molar-refractivity contribution in [2.24, 2.45) is 5.92 Å². The van der Waals surface area contributed by atoms with Gasteiger partial charge in [0.2, 0.25) is 0 Å². The van der Waals surface area contributed by atoms with Crippen LogP contribution in [0, 0.1) is 5.92 Å². The average Bonchev–Trinajstić information content (AvgIpc) is 2.30. The maximum atomic E-state index is 3.58. The van der Waals surface area contributed by atoms with E-state index in [0.29, 0.717) is 5.54 Å². The van der Waals surface area contributed by atoms with Crippen molar-refractivity contribution in [2.75, 3.05) is 26.2 Å². The zero-order valence-corrected chi connectivity index (χ0v) is 10.4. The first-order valence-corrected chi connectivity index (χ1v) is 6.76. The quantitative estimate of drug-likeness (QED) is 0.765. The second-order valence-corrected chi connectivity index (χ2v) is 5.38. The summed E-state index contributed by atoms with van der Waals surface area (Å²) in [7, 11) is 0. The summed E-state index contributed by atoms with van der Waals surface area (Å²) in [5.74, 6) is 0.920. The second kappa shape index (κ2) is 4.84. The van der Waals surface area contributed by atoms with E-state index in [1.54, 1.807) is 0 Å². The first-order chi connectivity index (χ1) is 7.30. The third-order valence-electron chi connectivity index (χ3n) is 4.60. The molecular weight excluding hydrogens is 184 g/mol. The first kappa shape index (κ1) is 11.4. The number of hydrogen-bond donors (Lipinski definition) is 1. The van der Waals surface area contributed by atoms with Crippen molar-refractivity contribution in [1.82, 2.24) is 10.2 Å². The monoisotopic (exact) mass is 210 g/mol. The van der Waals surface area contributed by atoms with Gasteiger partial charge in [-0.1, -0.05) is 26.7 Å². The van der Waals surface area contributed by atoms with Gasteiger partial charge in [0.1, 0.15) is 0 Å². The fourth-order valence-corrected chi connectivity index (χ4v) is 3.16. The molecule has 2 aliphatic heterocycles. The molecular formula is C13H26N2. The van der Waals surface area contributed by atoms with Crippen LogP contribution in [0.2, 0.25) is 0 Å². The van der Waals surface area contributed by atoms with E-state index in [2.05, 4.69) is 24.1 Å². The molecule has 0 bridgehead atoms. The topological polar surface area (TPSA) is 15.3 Å². The van der Waals surface area contributed by atoms with E-state index in [1.807, 2.05) is 0 Å². The molecule has 0 aromatic rings. The van der Waals surface area contributed by atoms with Crippen molar-refractivity contribution >= 4 is 0 Å². The van der Waals surface area contributed by atoms with Crippen LogP contribution < -0.4 is 5.32 Å². The molecule has 88 valence electrons. The molecule has 0 aliphatic carbocycles. The molecule has 2 rings (SSSR count). The minimum absolute atomic E-state index is 0.570. The van der Waals surface area contributed by atoms with E-state index in [9.17, 15) is 0 Å². The van der Waals surface area contributed by atoms with Crippen LogP contribution in [0.15, 0.2) is 0 Å². The average molecular weight is 210 g/mol. The van der Waals surface area contributed by atoms with Crippen molar-refractivity contribution in [3.05, 3.63) is 0 Å². The molecule has 0 unspecified atom stereocenters. The van der Waals surface area contributed by atoms with Crippen molar-refractivity contribution in [3.63, 3.8) is 0 Å². The summed E-state index contributed by atoms with van der Waals surface area (Å²) in [6.45, 7) is 9.83. The summed E-state index contributed by atoms with van der Waals surface area (Å²) in [6.07, 6.45) is 6.92. The van der Waals surface area contributed by atoms with Crippen molar-refractivity contribution in [1.29, 1.82) is 0 Å². The van der Waals surface area contributed by atoms with Crippen LogP contribution in [0.1, 0.15) is 46.0 Å². The van der Waals surface area contributed by atoms with Gasteiger partial charge in [0, 0.05) is 25.2 Å². The van der Waals surface area contributed by atoms with Crippen LogP contribution in [0.25, 0.3) is 0 Å². The van der Waals surface area contributed by atoms with Gasteiger partial charge in [-0.25, -0.2) is 0 Å². The summed E-state index contributed by atoms with van der Waals surface area (Å²) >= 11 is 0. The summed E-state index contributed by atoms with van der Waals surface area (Å²) in [5.41, 5.74) is 0.570. The fraction of sp³-hybridized carbons (Fsp3) is 1.00. The Labute approximate surface area is 94.4 Å². The molecule has 1 atom stereocenters. The third-order valence-corrected chi connectivity index (χ3v) is 4.60. The number of hydrogen-bond acceptors (Lipinski definition) is 2. The van der Waals surface area contributed by atoms with Gasteiger partial charge in [-0.05, 0) is 31.7 Å². The molecule has 2 nitrogen and oxygen atoms in total. The summed E-state index contributed by atoms with van der Waals surface area (Å²) in [5, 5.41) is 3.58. The van der Waals surface area contributed by atoms with Crippen molar-refractivity contribution < 1.29 is 0 Å². The second-order valence-electron chi connectivity index (χ2n) is 5.38. The standard InChI is InChI=1S/C13H26N2/c1-3-12(4-2)10-15-9-7-13(15)6-5-8-14-11-13/h12,14H,3-11H2,1-2H3/t13-/m1/s1. The Morgan fingerprint density at radius 3 is 2.53 bits per heavy atom. The van der Waals surface area contributed by atoms with Gasteiger partial charge in [-0.2, -0.15) is 0 Å². The molecule has 0 aromatic heterocycles. The molecule has 2 saturated heterocycles. The lowest BCUT2D eigenvalue weighted by atomic mass is 9.77. The maximum absolute atomic E-state index is 3.58. The largest absolute Gasteiger partial charge is 0.315 e. The van der Waals surface area contributed by atoms with Gasteiger partial charge >= 0.3 is 0 Å². The predicted molar refractivity (Wildman–Crippen MR) is 65.1 cm³/mol. The Morgan fingerprint density at radius 1 is 1.27 bits per heavy atom. The Morgan fingerprint density at radius 2 is 2.07 bits per heavy atom. The normalized spacial score (nSPS) is 32.2. The third kappa shape index (κ3) is 2.21. The minimum Gasteiger partial charge on any atom is -0.315 e. The van der Waals surface area contributed by atoms with Gasteiger partial charge < -0.3 is 5.32 Å². The molecule has 2 fully saturated rings. The number of rotatable bonds is 4. The highest BCUT2D eigenvalue weighted by Gasteiger charge is 2.45. The Balaban J connectivity index is 1.87. The zero-order chi connectivity index (χ0) is 10.7. The van der Waals surface area contributed by atoms with E-state index in [0.717, 1.165) is 5.92 Å². The van der Waals surface area contributed by atoms with Crippen LogP contribution >= 0.6 is 0 Å². The number of piperidine rings is 1.